The molecule has 1 amide bonds. The Balaban J connectivity index is 3.39. The van der Waals surface area contributed by atoms with Crippen LogP contribution in [-0.4, -0.2) is 31.5 Å². The minimum absolute atomic E-state index is 0.191. The largest absolute Gasteiger partial charge is 0.497 e. The predicted octanol–water partition coefficient (Wildman–Crippen LogP) is 0.299. The van der Waals surface area contributed by atoms with Gasteiger partial charge in [0.2, 0.25) is 9.84 Å². The van der Waals surface area contributed by atoms with E-state index in [2.05, 4.69) is 0 Å². The smallest absolute Gasteiger partial charge is 0.266 e. The molecule has 0 aliphatic heterocycles. The SMILES string of the molecule is COc1ccc(S(=O)(=O)C(O)(C(N)=O)C(C)C)cc1. The summed E-state index contributed by atoms with van der Waals surface area (Å²) in [5, 5.41) is 10.2. The molecule has 0 aromatic heterocycles. The molecule has 1 rings (SSSR count). The number of hydrogen-bond acceptors (Lipinski definition) is 5. The summed E-state index contributed by atoms with van der Waals surface area (Å²) in [6.07, 6.45) is 0. The first kappa shape index (κ1) is 15.5. The number of nitrogens with two attached hydrogens (primary N) is 1. The molecule has 106 valence electrons. The van der Waals surface area contributed by atoms with Crippen molar-refractivity contribution in [2.75, 3.05) is 7.11 Å². The van der Waals surface area contributed by atoms with Crippen molar-refractivity contribution in [1.82, 2.24) is 0 Å². The van der Waals surface area contributed by atoms with E-state index in [1.165, 1.54) is 45.2 Å². The lowest BCUT2D eigenvalue weighted by atomic mass is 10.1. The molecule has 0 saturated carbocycles. The number of rotatable bonds is 5. The van der Waals surface area contributed by atoms with Gasteiger partial charge in [0, 0.05) is 5.92 Å². The van der Waals surface area contributed by atoms with Gasteiger partial charge in [0.25, 0.3) is 10.8 Å². The molecule has 7 heteroatoms. The predicted molar refractivity (Wildman–Crippen MR) is 69.2 cm³/mol. The molecule has 0 heterocycles. The highest BCUT2D eigenvalue weighted by Crippen LogP contribution is 2.31. The van der Waals surface area contributed by atoms with Crippen molar-refractivity contribution in [3.63, 3.8) is 0 Å². The normalized spacial score (nSPS) is 15.0. The molecule has 0 radical (unpaired) electrons. The fraction of sp³-hybridized carbons (Fsp3) is 0.417. The third-order valence-corrected chi connectivity index (χ3v) is 5.30. The highest BCUT2D eigenvalue weighted by molar-refractivity contribution is 7.93. The lowest BCUT2D eigenvalue weighted by molar-refractivity contribution is -0.131. The van der Waals surface area contributed by atoms with Gasteiger partial charge in [-0.2, -0.15) is 0 Å². The highest BCUT2D eigenvalue weighted by atomic mass is 32.2. The van der Waals surface area contributed by atoms with Crippen molar-refractivity contribution in [3.8, 4) is 5.75 Å². The molecule has 0 fully saturated rings. The summed E-state index contributed by atoms with van der Waals surface area (Å²) in [7, 11) is -2.86. The van der Waals surface area contributed by atoms with Crippen molar-refractivity contribution < 1.29 is 23.1 Å². The van der Waals surface area contributed by atoms with Crippen molar-refractivity contribution in [3.05, 3.63) is 24.3 Å². The first-order valence-corrected chi connectivity index (χ1v) is 7.07. The second-order valence-corrected chi connectivity index (χ2v) is 6.50. The number of aliphatic hydroxyl groups is 1. The van der Waals surface area contributed by atoms with E-state index in [-0.39, 0.29) is 4.90 Å². The Labute approximate surface area is 112 Å². The fourth-order valence-corrected chi connectivity index (χ4v) is 3.40. The van der Waals surface area contributed by atoms with Crippen LogP contribution in [0.3, 0.4) is 0 Å². The lowest BCUT2D eigenvalue weighted by Gasteiger charge is -2.28. The molecule has 0 bridgehead atoms. The molecule has 0 saturated heterocycles. The average Bonchev–Trinajstić information content (AvgIpc) is 2.36. The first-order valence-electron chi connectivity index (χ1n) is 5.59. The van der Waals surface area contributed by atoms with Crippen LogP contribution in [0.25, 0.3) is 0 Å². The van der Waals surface area contributed by atoms with Gasteiger partial charge in [-0.1, -0.05) is 13.8 Å². The molecule has 0 aliphatic rings. The Morgan fingerprint density at radius 1 is 1.32 bits per heavy atom. The molecule has 3 N–H and O–H groups in total. The molecule has 6 nitrogen and oxygen atoms in total. The van der Waals surface area contributed by atoms with Crippen LogP contribution in [0.2, 0.25) is 0 Å². The van der Waals surface area contributed by atoms with Gasteiger partial charge in [0.1, 0.15) is 5.75 Å². The number of methoxy groups -OCH3 is 1. The monoisotopic (exact) mass is 287 g/mol. The van der Waals surface area contributed by atoms with Crippen molar-refractivity contribution in [2.45, 2.75) is 23.7 Å². The lowest BCUT2D eigenvalue weighted by Crippen LogP contribution is -2.54. The van der Waals surface area contributed by atoms with Crippen LogP contribution in [0.5, 0.6) is 5.75 Å². The number of benzene rings is 1. The van der Waals surface area contributed by atoms with E-state index < -0.39 is 26.6 Å². The van der Waals surface area contributed by atoms with E-state index in [4.69, 9.17) is 10.5 Å². The third kappa shape index (κ3) is 2.43. The van der Waals surface area contributed by atoms with Crippen molar-refractivity contribution in [2.24, 2.45) is 11.7 Å². The van der Waals surface area contributed by atoms with E-state index in [0.717, 1.165) is 0 Å². The summed E-state index contributed by atoms with van der Waals surface area (Å²) in [4.78, 5) is 8.55. The van der Waals surface area contributed by atoms with E-state index in [1.54, 1.807) is 0 Å². The van der Waals surface area contributed by atoms with Gasteiger partial charge in [-0.25, -0.2) is 8.42 Å². The quantitative estimate of drug-likeness (QED) is 0.810. The Morgan fingerprint density at radius 3 is 2.11 bits per heavy atom. The molecule has 0 aliphatic carbocycles. The number of ether oxygens (including phenoxy) is 1. The van der Waals surface area contributed by atoms with E-state index in [0.29, 0.717) is 5.75 Å². The Morgan fingerprint density at radius 2 is 1.79 bits per heavy atom. The van der Waals surface area contributed by atoms with Gasteiger partial charge in [0.15, 0.2) is 0 Å². The topological polar surface area (TPSA) is 107 Å². The van der Waals surface area contributed by atoms with Crippen LogP contribution in [0.4, 0.5) is 0 Å². The minimum atomic E-state index is -4.30. The molecule has 1 aromatic carbocycles. The summed E-state index contributed by atoms with van der Waals surface area (Å²) in [5.74, 6) is -1.71. The van der Waals surface area contributed by atoms with Crippen LogP contribution in [-0.2, 0) is 14.6 Å². The molecule has 1 atom stereocenters. The molecule has 1 unspecified atom stereocenters. The molecule has 19 heavy (non-hydrogen) atoms. The van der Waals surface area contributed by atoms with E-state index in [1.807, 2.05) is 0 Å². The van der Waals surface area contributed by atoms with Gasteiger partial charge in [-0.15, -0.1) is 0 Å². The number of carbonyl (C=O) groups is 1. The summed E-state index contributed by atoms with van der Waals surface area (Å²) in [5.41, 5.74) is 5.06. The number of sulfone groups is 1. The number of amides is 1. The number of hydrogen-bond donors (Lipinski definition) is 2. The van der Waals surface area contributed by atoms with Gasteiger partial charge in [0.05, 0.1) is 12.0 Å². The van der Waals surface area contributed by atoms with Crippen molar-refractivity contribution in [1.29, 1.82) is 0 Å². The van der Waals surface area contributed by atoms with Gasteiger partial charge < -0.3 is 15.6 Å². The standard InChI is InChI=1S/C12H17NO5S/c1-8(2)12(15,11(13)14)19(16,17)10-6-4-9(18-3)5-7-10/h4-8,15H,1-3H3,(H2,13,14). The zero-order valence-electron chi connectivity index (χ0n) is 11.0. The molecule has 1 aromatic rings. The van der Waals surface area contributed by atoms with Crippen LogP contribution < -0.4 is 10.5 Å². The zero-order valence-corrected chi connectivity index (χ0v) is 11.8. The third-order valence-electron chi connectivity index (χ3n) is 2.92. The van der Waals surface area contributed by atoms with Crippen LogP contribution >= 0.6 is 0 Å². The minimum Gasteiger partial charge on any atom is -0.497 e. The Kier molecular flexibility index (Phi) is 4.21. The Bertz CT molecular complexity index is 564. The van der Waals surface area contributed by atoms with Crippen LogP contribution in [0.1, 0.15) is 13.8 Å². The maximum atomic E-state index is 12.3. The Hall–Kier alpha value is -1.60. The van der Waals surface area contributed by atoms with Crippen molar-refractivity contribution >= 4 is 15.7 Å². The summed E-state index contributed by atoms with van der Waals surface area (Å²) in [6, 6.07) is 5.36. The summed E-state index contributed by atoms with van der Waals surface area (Å²) in [6.45, 7) is 2.82. The second-order valence-electron chi connectivity index (χ2n) is 4.39. The van der Waals surface area contributed by atoms with Crippen LogP contribution in [0, 0.1) is 5.92 Å². The summed E-state index contributed by atoms with van der Waals surface area (Å²) < 4.78 is 29.6. The molecule has 0 spiro atoms. The highest BCUT2D eigenvalue weighted by Gasteiger charge is 2.51. The average molecular weight is 287 g/mol. The van der Waals surface area contributed by atoms with Gasteiger partial charge >= 0.3 is 0 Å². The fourth-order valence-electron chi connectivity index (χ4n) is 1.66. The summed E-state index contributed by atoms with van der Waals surface area (Å²) >= 11 is 0. The van der Waals surface area contributed by atoms with Gasteiger partial charge in [-0.3, -0.25) is 4.79 Å². The first-order chi connectivity index (χ1) is 8.67. The molecular formula is C12H17NO5S. The maximum Gasteiger partial charge on any atom is 0.266 e. The number of carbonyl (C=O) groups excluding carboxylic acids is 1. The van der Waals surface area contributed by atoms with E-state index in [9.17, 15) is 18.3 Å². The van der Waals surface area contributed by atoms with Gasteiger partial charge in [-0.05, 0) is 24.3 Å². The molecular weight excluding hydrogens is 270 g/mol. The second kappa shape index (κ2) is 5.18. The van der Waals surface area contributed by atoms with Crippen LogP contribution in [0.15, 0.2) is 29.2 Å². The number of primary amides is 1. The maximum absolute atomic E-state index is 12.3. The van der Waals surface area contributed by atoms with E-state index >= 15 is 0 Å². The zero-order chi connectivity index (χ0) is 14.8.